The summed E-state index contributed by atoms with van der Waals surface area (Å²) in [5.41, 5.74) is 6.95. The molecule has 2 aliphatic heterocycles. The Balaban J connectivity index is 0.000000396. The van der Waals surface area contributed by atoms with Crippen LogP contribution in [0.2, 0.25) is 0 Å². The second-order valence-electron chi connectivity index (χ2n) is 9.31. The standard InChI is InChI=1S/C26H28O2.C4H7N/c1-3-28-25-14-7-6-12-24(25)26(20-15-17-21(27-2)18-16-20)23-13-8-10-19-9-4-5-11-22(19)23;1-2-5-3-4(1)5/h6-8,10,12-18,26H,3-5,9,11H2,1-2H3;4H,1-3H2. The van der Waals surface area contributed by atoms with E-state index in [-0.39, 0.29) is 5.92 Å². The summed E-state index contributed by atoms with van der Waals surface area (Å²) in [5, 5.41) is 0. The van der Waals surface area contributed by atoms with E-state index in [0.29, 0.717) is 6.61 Å². The number of nitrogens with zero attached hydrogens (tertiary/aromatic N) is 1. The van der Waals surface area contributed by atoms with Crippen LogP contribution in [0.1, 0.15) is 59.9 Å². The number of ether oxygens (including phenoxy) is 2. The van der Waals surface area contributed by atoms with Gasteiger partial charge in [0.15, 0.2) is 0 Å². The Hall–Kier alpha value is -2.78. The van der Waals surface area contributed by atoms with Gasteiger partial charge in [0, 0.05) is 30.6 Å². The summed E-state index contributed by atoms with van der Waals surface area (Å²) in [7, 11) is 1.71. The fraction of sp³-hybridized carbons (Fsp3) is 0.400. The Morgan fingerprint density at radius 1 is 0.909 bits per heavy atom. The van der Waals surface area contributed by atoms with Gasteiger partial charge in [-0.1, -0.05) is 48.5 Å². The zero-order valence-electron chi connectivity index (χ0n) is 19.9. The Kier molecular flexibility index (Phi) is 6.68. The van der Waals surface area contributed by atoms with Crippen LogP contribution in [0.15, 0.2) is 66.7 Å². The molecule has 3 atom stereocenters. The highest BCUT2D eigenvalue weighted by Gasteiger charge is 2.41. The minimum absolute atomic E-state index is 0.154. The van der Waals surface area contributed by atoms with E-state index in [1.807, 2.05) is 6.92 Å². The molecule has 3 aliphatic rings. The lowest BCUT2D eigenvalue weighted by Crippen LogP contribution is -2.16. The molecule has 0 aromatic heterocycles. The fourth-order valence-corrected chi connectivity index (χ4v) is 5.31. The summed E-state index contributed by atoms with van der Waals surface area (Å²) in [6, 6.07) is 24.9. The van der Waals surface area contributed by atoms with Crippen LogP contribution in [0, 0.1) is 0 Å². The number of methoxy groups -OCH3 is 1. The lowest BCUT2D eigenvalue weighted by molar-refractivity contribution is 0.336. The third-order valence-electron chi connectivity index (χ3n) is 7.30. The van der Waals surface area contributed by atoms with Gasteiger partial charge in [-0.05, 0) is 79.5 Å². The first-order valence-electron chi connectivity index (χ1n) is 12.5. The molecule has 2 fully saturated rings. The van der Waals surface area contributed by atoms with E-state index >= 15 is 0 Å². The van der Waals surface area contributed by atoms with Crippen molar-refractivity contribution in [3.05, 3.63) is 94.5 Å². The van der Waals surface area contributed by atoms with Crippen molar-refractivity contribution in [2.45, 2.75) is 51.0 Å². The van der Waals surface area contributed by atoms with Crippen molar-refractivity contribution >= 4 is 0 Å². The summed E-state index contributed by atoms with van der Waals surface area (Å²) in [6.07, 6.45) is 6.40. The number of para-hydroxylation sites is 1. The Bertz CT molecular complexity index is 1060. The number of aryl methyl sites for hydroxylation is 1. The van der Waals surface area contributed by atoms with Gasteiger partial charge in [-0.25, -0.2) is 0 Å². The monoisotopic (exact) mass is 441 g/mol. The van der Waals surface area contributed by atoms with E-state index in [9.17, 15) is 0 Å². The molecular weight excluding hydrogens is 406 g/mol. The van der Waals surface area contributed by atoms with Crippen molar-refractivity contribution in [2.24, 2.45) is 0 Å². The summed E-state index contributed by atoms with van der Waals surface area (Å²) < 4.78 is 11.4. The molecule has 0 N–H and O–H groups in total. The number of rotatable bonds is 6. The number of hydrogen-bond acceptors (Lipinski definition) is 3. The smallest absolute Gasteiger partial charge is 0.123 e. The first-order chi connectivity index (χ1) is 16.3. The minimum atomic E-state index is 0.154. The van der Waals surface area contributed by atoms with Crippen LogP contribution in [-0.4, -0.2) is 37.7 Å². The topological polar surface area (TPSA) is 21.5 Å². The second kappa shape index (κ2) is 10.0. The molecule has 0 bridgehead atoms. The van der Waals surface area contributed by atoms with Crippen molar-refractivity contribution in [3.63, 3.8) is 0 Å². The molecular formula is C30H35NO2. The van der Waals surface area contributed by atoms with Gasteiger partial charge in [-0.2, -0.15) is 0 Å². The van der Waals surface area contributed by atoms with Crippen LogP contribution in [0.3, 0.4) is 0 Å². The normalized spacial score (nSPS) is 20.8. The Morgan fingerprint density at radius 2 is 1.67 bits per heavy atom. The van der Waals surface area contributed by atoms with E-state index in [0.717, 1.165) is 24.0 Å². The zero-order valence-corrected chi connectivity index (χ0v) is 19.9. The largest absolute Gasteiger partial charge is 0.497 e. The number of hydrogen-bond donors (Lipinski definition) is 0. The van der Waals surface area contributed by atoms with E-state index in [4.69, 9.17) is 9.47 Å². The van der Waals surface area contributed by atoms with E-state index in [1.165, 1.54) is 66.6 Å². The fourth-order valence-electron chi connectivity index (χ4n) is 5.31. The highest BCUT2D eigenvalue weighted by Crippen LogP contribution is 2.41. The van der Waals surface area contributed by atoms with Crippen molar-refractivity contribution in [3.8, 4) is 11.5 Å². The van der Waals surface area contributed by atoms with Gasteiger partial charge in [0.2, 0.25) is 0 Å². The first kappa shape index (κ1) is 22.0. The molecule has 3 aromatic carbocycles. The summed E-state index contributed by atoms with van der Waals surface area (Å²) in [6.45, 7) is 5.52. The molecule has 3 heteroatoms. The molecule has 33 heavy (non-hydrogen) atoms. The molecule has 0 amide bonds. The van der Waals surface area contributed by atoms with Gasteiger partial charge >= 0.3 is 0 Å². The Morgan fingerprint density at radius 3 is 2.33 bits per heavy atom. The predicted octanol–water partition coefficient (Wildman–Crippen LogP) is 6.23. The predicted molar refractivity (Wildman–Crippen MR) is 135 cm³/mol. The molecule has 2 heterocycles. The molecule has 2 saturated heterocycles. The first-order valence-corrected chi connectivity index (χ1v) is 12.5. The van der Waals surface area contributed by atoms with Gasteiger partial charge < -0.3 is 9.47 Å². The third kappa shape index (κ3) is 4.79. The average Bonchev–Trinajstić information content (AvgIpc) is 3.46. The van der Waals surface area contributed by atoms with Crippen molar-refractivity contribution < 1.29 is 9.47 Å². The SMILES string of the molecule is C1CN2CC12.CCOc1ccccc1C(c1ccc(OC)cc1)c1cccc2c1CCCC2. The van der Waals surface area contributed by atoms with Gasteiger partial charge in [-0.3, -0.25) is 4.90 Å². The molecule has 0 spiro atoms. The van der Waals surface area contributed by atoms with Crippen LogP contribution in [0.5, 0.6) is 11.5 Å². The van der Waals surface area contributed by atoms with Gasteiger partial charge in [0.05, 0.1) is 13.7 Å². The maximum Gasteiger partial charge on any atom is 0.123 e. The lowest BCUT2D eigenvalue weighted by Gasteiger charge is -2.27. The quantitative estimate of drug-likeness (QED) is 0.334. The Labute approximate surface area is 198 Å². The van der Waals surface area contributed by atoms with Crippen LogP contribution in [-0.2, 0) is 12.8 Å². The van der Waals surface area contributed by atoms with Crippen LogP contribution >= 0.6 is 0 Å². The van der Waals surface area contributed by atoms with Crippen molar-refractivity contribution in [1.29, 1.82) is 0 Å². The number of fused-ring (bicyclic) bond motifs is 2. The van der Waals surface area contributed by atoms with E-state index < -0.39 is 0 Å². The average molecular weight is 442 g/mol. The van der Waals surface area contributed by atoms with Crippen molar-refractivity contribution in [2.75, 3.05) is 26.8 Å². The van der Waals surface area contributed by atoms with E-state index in [1.54, 1.807) is 7.11 Å². The molecule has 1 aliphatic carbocycles. The van der Waals surface area contributed by atoms with E-state index in [2.05, 4.69) is 71.6 Å². The van der Waals surface area contributed by atoms with Crippen LogP contribution in [0.25, 0.3) is 0 Å². The molecule has 6 rings (SSSR count). The van der Waals surface area contributed by atoms with Crippen LogP contribution in [0.4, 0.5) is 0 Å². The lowest BCUT2D eigenvalue weighted by atomic mass is 9.78. The molecule has 3 nitrogen and oxygen atoms in total. The zero-order chi connectivity index (χ0) is 22.6. The molecule has 3 unspecified atom stereocenters. The maximum absolute atomic E-state index is 6.03. The number of benzene rings is 3. The van der Waals surface area contributed by atoms with Crippen molar-refractivity contribution in [1.82, 2.24) is 4.90 Å². The highest BCUT2D eigenvalue weighted by molar-refractivity contribution is 5.53. The molecule has 0 radical (unpaired) electrons. The molecule has 0 saturated carbocycles. The van der Waals surface area contributed by atoms with Gasteiger partial charge in [0.25, 0.3) is 0 Å². The van der Waals surface area contributed by atoms with Crippen LogP contribution < -0.4 is 9.47 Å². The third-order valence-corrected chi connectivity index (χ3v) is 7.30. The maximum atomic E-state index is 6.03. The van der Waals surface area contributed by atoms with Gasteiger partial charge in [-0.15, -0.1) is 0 Å². The second-order valence-corrected chi connectivity index (χ2v) is 9.31. The molecule has 3 aromatic rings. The summed E-state index contributed by atoms with van der Waals surface area (Å²) >= 11 is 0. The van der Waals surface area contributed by atoms with Gasteiger partial charge in [0.1, 0.15) is 11.5 Å². The highest BCUT2D eigenvalue weighted by atomic mass is 16.5. The minimum Gasteiger partial charge on any atom is -0.497 e. The molecule has 172 valence electrons. The summed E-state index contributed by atoms with van der Waals surface area (Å²) in [5.74, 6) is 2.01. The summed E-state index contributed by atoms with van der Waals surface area (Å²) in [4.78, 5) is 2.47.